The molecular formula is C18H26N2O3. The summed E-state index contributed by atoms with van der Waals surface area (Å²) < 4.78 is 11.8. The molecule has 0 bridgehead atoms. The summed E-state index contributed by atoms with van der Waals surface area (Å²) in [6.45, 7) is 4.83. The van der Waals surface area contributed by atoms with E-state index in [1.165, 1.54) is 6.42 Å². The number of hydrogen-bond donors (Lipinski definition) is 1. The molecular weight excluding hydrogens is 292 g/mol. The number of furan rings is 1. The van der Waals surface area contributed by atoms with Crippen LogP contribution in [0, 0.1) is 12.8 Å². The maximum Gasteiger partial charge on any atom is 0.222 e. The van der Waals surface area contributed by atoms with Gasteiger partial charge < -0.3 is 14.5 Å². The first kappa shape index (κ1) is 15.2. The Labute approximate surface area is 137 Å². The van der Waals surface area contributed by atoms with Gasteiger partial charge in [0.1, 0.15) is 11.5 Å². The van der Waals surface area contributed by atoms with Gasteiger partial charge in [0.2, 0.25) is 5.91 Å². The minimum absolute atomic E-state index is 0.109. The molecule has 0 aromatic carbocycles. The average molecular weight is 318 g/mol. The minimum Gasteiger partial charge on any atom is -0.465 e. The maximum atomic E-state index is 12.0. The van der Waals surface area contributed by atoms with Gasteiger partial charge in [-0.15, -0.1) is 0 Å². The van der Waals surface area contributed by atoms with E-state index in [9.17, 15) is 4.79 Å². The SMILES string of the molecule is Cc1ccc(CN2C[C@@H]3C[C@@H](CC(=O)NC4CCC4)O[C@@H]3C2)o1. The van der Waals surface area contributed by atoms with Crippen LogP contribution < -0.4 is 5.32 Å². The van der Waals surface area contributed by atoms with Crippen LogP contribution in [0.15, 0.2) is 16.5 Å². The van der Waals surface area contributed by atoms with Crippen LogP contribution in [0.4, 0.5) is 0 Å². The van der Waals surface area contributed by atoms with Crippen LogP contribution in [0.3, 0.4) is 0 Å². The lowest BCUT2D eigenvalue weighted by Gasteiger charge is -2.27. The third-order valence-corrected chi connectivity index (χ3v) is 5.45. The molecule has 4 rings (SSSR count). The summed E-state index contributed by atoms with van der Waals surface area (Å²) in [5.41, 5.74) is 0. The number of hydrogen-bond acceptors (Lipinski definition) is 4. The van der Waals surface area contributed by atoms with Crippen molar-refractivity contribution in [3.63, 3.8) is 0 Å². The highest BCUT2D eigenvalue weighted by atomic mass is 16.5. The normalized spacial score (nSPS) is 31.1. The van der Waals surface area contributed by atoms with Crippen molar-refractivity contribution in [3.05, 3.63) is 23.7 Å². The fourth-order valence-electron chi connectivity index (χ4n) is 4.05. The lowest BCUT2D eigenvalue weighted by atomic mass is 9.93. The zero-order valence-corrected chi connectivity index (χ0v) is 13.8. The van der Waals surface area contributed by atoms with Crippen molar-refractivity contribution in [1.82, 2.24) is 10.2 Å². The van der Waals surface area contributed by atoms with Crippen LogP contribution in [0.25, 0.3) is 0 Å². The summed E-state index contributed by atoms with van der Waals surface area (Å²) in [7, 11) is 0. The molecule has 0 spiro atoms. The molecule has 2 aliphatic heterocycles. The van der Waals surface area contributed by atoms with Gasteiger partial charge in [-0.05, 0) is 44.7 Å². The van der Waals surface area contributed by atoms with Gasteiger partial charge in [0.25, 0.3) is 0 Å². The van der Waals surface area contributed by atoms with E-state index in [1.807, 2.05) is 13.0 Å². The molecule has 126 valence electrons. The zero-order chi connectivity index (χ0) is 15.8. The monoisotopic (exact) mass is 318 g/mol. The van der Waals surface area contributed by atoms with E-state index < -0.39 is 0 Å². The lowest BCUT2D eigenvalue weighted by molar-refractivity contribution is -0.125. The molecule has 3 heterocycles. The van der Waals surface area contributed by atoms with Crippen LogP contribution in [-0.4, -0.2) is 42.1 Å². The number of ether oxygens (including phenoxy) is 1. The number of nitrogens with zero attached hydrogens (tertiary/aromatic N) is 1. The van der Waals surface area contributed by atoms with E-state index >= 15 is 0 Å². The number of aryl methyl sites for hydroxylation is 1. The summed E-state index contributed by atoms with van der Waals surface area (Å²) in [6.07, 6.45) is 5.47. The summed E-state index contributed by atoms with van der Waals surface area (Å²) >= 11 is 0. The van der Waals surface area contributed by atoms with Crippen LogP contribution in [-0.2, 0) is 16.1 Å². The number of carbonyl (C=O) groups excluding carboxylic acids is 1. The van der Waals surface area contributed by atoms with Crippen LogP contribution in [0.5, 0.6) is 0 Å². The Bertz CT molecular complexity index is 552. The predicted molar refractivity (Wildman–Crippen MR) is 85.9 cm³/mol. The van der Waals surface area contributed by atoms with E-state index in [-0.39, 0.29) is 18.1 Å². The molecule has 1 aromatic heterocycles. The van der Waals surface area contributed by atoms with Crippen molar-refractivity contribution in [2.45, 2.75) is 63.8 Å². The quantitative estimate of drug-likeness (QED) is 0.904. The second kappa shape index (κ2) is 6.29. The molecule has 1 aromatic rings. The molecule has 5 heteroatoms. The molecule has 1 saturated carbocycles. The highest BCUT2D eigenvalue weighted by Gasteiger charge is 2.42. The fraction of sp³-hybridized carbons (Fsp3) is 0.722. The van der Waals surface area contributed by atoms with Crippen LogP contribution in [0.2, 0.25) is 0 Å². The minimum atomic E-state index is 0.109. The molecule has 5 nitrogen and oxygen atoms in total. The van der Waals surface area contributed by atoms with Crippen molar-refractivity contribution in [2.24, 2.45) is 5.92 Å². The summed E-state index contributed by atoms with van der Waals surface area (Å²) in [5.74, 6) is 2.72. The summed E-state index contributed by atoms with van der Waals surface area (Å²) in [4.78, 5) is 14.4. The second-order valence-electron chi connectivity index (χ2n) is 7.40. The summed E-state index contributed by atoms with van der Waals surface area (Å²) in [5, 5.41) is 3.11. The van der Waals surface area contributed by atoms with E-state index in [0.717, 1.165) is 50.4 Å². The Morgan fingerprint density at radius 3 is 2.87 bits per heavy atom. The number of fused-ring (bicyclic) bond motifs is 1. The average Bonchev–Trinajstić information content (AvgIpc) is 3.10. The predicted octanol–water partition coefficient (Wildman–Crippen LogP) is 2.24. The highest BCUT2D eigenvalue weighted by Crippen LogP contribution is 2.35. The van der Waals surface area contributed by atoms with E-state index in [2.05, 4.69) is 16.3 Å². The molecule has 3 fully saturated rings. The molecule has 23 heavy (non-hydrogen) atoms. The molecule has 1 amide bonds. The highest BCUT2D eigenvalue weighted by molar-refractivity contribution is 5.76. The molecule has 3 atom stereocenters. The molecule has 0 radical (unpaired) electrons. The zero-order valence-electron chi connectivity index (χ0n) is 13.8. The van der Waals surface area contributed by atoms with Gasteiger partial charge in [0.15, 0.2) is 0 Å². The maximum absolute atomic E-state index is 12.0. The van der Waals surface area contributed by atoms with Gasteiger partial charge in [-0.25, -0.2) is 0 Å². The first-order valence-electron chi connectivity index (χ1n) is 8.88. The van der Waals surface area contributed by atoms with Crippen molar-refractivity contribution >= 4 is 5.91 Å². The van der Waals surface area contributed by atoms with Gasteiger partial charge in [-0.1, -0.05) is 0 Å². The number of rotatable bonds is 5. The Hall–Kier alpha value is -1.33. The van der Waals surface area contributed by atoms with Crippen molar-refractivity contribution < 1.29 is 13.9 Å². The van der Waals surface area contributed by atoms with Crippen molar-refractivity contribution in [3.8, 4) is 0 Å². The van der Waals surface area contributed by atoms with Gasteiger partial charge in [0.05, 0.1) is 25.2 Å². The smallest absolute Gasteiger partial charge is 0.222 e. The van der Waals surface area contributed by atoms with Gasteiger partial charge in [-0.2, -0.15) is 0 Å². The Kier molecular flexibility index (Phi) is 4.16. The molecule has 1 aliphatic carbocycles. The summed E-state index contributed by atoms with van der Waals surface area (Å²) in [6, 6.07) is 4.49. The Morgan fingerprint density at radius 1 is 1.35 bits per heavy atom. The first-order chi connectivity index (χ1) is 11.2. The van der Waals surface area contributed by atoms with E-state index in [0.29, 0.717) is 18.4 Å². The van der Waals surface area contributed by atoms with Gasteiger partial charge in [-0.3, -0.25) is 9.69 Å². The third kappa shape index (κ3) is 3.45. The largest absolute Gasteiger partial charge is 0.465 e. The third-order valence-electron chi connectivity index (χ3n) is 5.45. The fourth-order valence-corrected chi connectivity index (χ4v) is 4.05. The van der Waals surface area contributed by atoms with E-state index in [4.69, 9.17) is 9.15 Å². The van der Waals surface area contributed by atoms with Crippen LogP contribution in [0.1, 0.15) is 43.6 Å². The first-order valence-corrected chi connectivity index (χ1v) is 8.88. The number of nitrogens with one attached hydrogen (secondary N) is 1. The topological polar surface area (TPSA) is 54.7 Å². The van der Waals surface area contributed by atoms with Crippen molar-refractivity contribution in [1.29, 1.82) is 0 Å². The lowest BCUT2D eigenvalue weighted by Crippen LogP contribution is -2.40. The van der Waals surface area contributed by atoms with Gasteiger partial charge in [0, 0.05) is 25.0 Å². The number of carbonyl (C=O) groups is 1. The Balaban J connectivity index is 1.22. The van der Waals surface area contributed by atoms with Crippen molar-refractivity contribution in [2.75, 3.05) is 13.1 Å². The molecule has 0 unspecified atom stereocenters. The van der Waals surface area contributed by atoms with Crippen LogP contribution >= 0.6 is 0 Å². The number of amides is 1. The molecule has 2 saturated heterocycles. The van der Waals surface area contributed by atoms with E-state index in [1.54, 1.807) is 0 Å². The van der Waals surface area contributed by atoms with Gasteiger partial charge >= 0.3 is 0 Å². The molecule has 1 N–H and O–H groups in total. The molecule has 3 aliphatic rings. The number of likely N-dealkylation sites (tertiary alicyclic amines) is 1. The second-order valence-corrected chi connectivity index (χ2v) is 7.40. The standard InChI is InChI=1S/C18H26N2O3/c1-12-5-6-15(22-12)10-20-9-13-7-16(23-17(13)11-20)8-18(21)19-14-3-2-4-14/h5-6,13-14,16-17H,2-4,7-11H2,1H3,(H,19,21)/t13-,16-,17+/m0/s1. The Morgan fingerprint density at radius 2 is 2.22 bits per heavy atom.